The number of hydrogen-bond acceptors (Lipinski definition) is 4. The molecule has 0 aromatic heterocycles. The SMILES string of the molecule is CN(C)c1ccc(C=CC(=N)CC(=N)C=Cc2ccc(N(C)C)cc2)cc1.Ic1ccccc1. The summed E-state index contributed by atoms with van der Waals surface area (Å²) in [7, 11) is 8.04. The largest absolute Gasteiger partial charge is 0.378 e. The van der Waals surface area contributed by atoms with Gasteiger partial charge in [0, 0.05) is 61.0 Å². The fraction of sp³-hybridized carbons (Fsp3) is 0.172. The summed E-state index contributed by atoms with van der Waals surface area (Å²) in [6.45, 7) is 0. The number of rotatable bonds is 8. The van der Waals surface area contributed by atoms with Crippen molar-refractivity contribution < 1.29 is 0 Å². The molecular weight excluding hydrogens is 531 g/mol. The van der Waals surface area contributed by atoms with Crippen molar-refractivity contribution in [3.63, 3.8) is 0 Å². The molecule has 0 atom stereocenters. The van der Waals surface area contributed by atoms with Crippen molar-refractivity contribution >= 4 is 57.5 Å². The molecule has 3 aromatic carbocycles. The van der Waals surface area contributed by atoms with E-state index in [4.69, 9.17) is 10.8 Å². The summed E-state index contributed by atoms with van der Waals surface area (Å²) >= 11 is 2.28. The molecule has 2 N–H and O–H groups in total. The zero-order valence-corrected chi connectivity index (χ0v) is 22.5. The van der Waals surface area contributed by atoms with E-state index in [1.807, 2.05) is 82.8 Å². The quantitative estimate of drug-likeness (QED) is 0.224. The van der Waals surface area contributed by atoms with E-state index in [1.165, 1.54) is 3.57 Å². The van der Waals surface area contributed by atoms with E-state index >= 15 is 0 Å². The van der Waals surface area contributed by atoms with Crippen LogP contribution < -0.4 is 9.80 Å². The molecule has 0 spiro atoms. The lowest BCUT2D eigenvalue weighted by Gasteiger charge is -2.11. The third kappa shape index (κ3) is 10.2. The third-order valence-corrected chi connectivity index (χ3v) is 5.61. The molecule has 3 rings (SSSR count). The number of allylic oxidation sites excluding steroid dienone is 2. The summed E-state index contributed by atoms with van der Waals surface area (Å²) in [4.78, 5) is 4.11. The Hall–Kier alpha value is -3.19. The van der Waals surface area contributed by atoms with Gasteiger partial charge in [-0.15, -0.1) is 0 Å². The number of benzene rings is 3. The standard InChI is InChI=1S/C23H28N4.C6H5I/c1-26(2)22-13-7-18(8-14-22)5-11-20(24)17-21(25)12-6-19-9-15-23(16-10-19)27(3)4;7-6-4-2-1-3-5-6/h5-16,24-25H,17H2,1-4H3;1-5H. The first kappa shape index (κ1) is 27.1. The zero-order chi connectivity index (χ0) is 24.9. The molecule has 176 valence electrons. The summed E-state index contributed by atoms with van der Waals surface area (Å²) < 4.78 is 1.29. The van der Waals surface area contributed by atoms with Crippen LogP contribution in [-0.2, 0) is 0 Å². The lowest BCUT2D eigenvalue weighted by molar-refractivity contribution is 1.13. The molecule has 0 heterocycles. The maximum Gasteiger partial charge on any atom is 0.0373 e. The van der Waals surface area contributed by atoms with Crippen molar-refractivity contribution in [2.75, 3.05) is 38.0 Å². The van der Waals surface area contributed by atoms with Crippen LogP contribution in [0, 0.1) is 14.4 Å². The van der Waals surface area contributed by atoms with Crippen molar-refractivity contribution in [3.8, 4) is 0 Å². The van der Waals surface area contributed by atoms with Gasteiger partial charge in [0.05, 0.1) is 0 Å². The van der Waals surface area contributed by atoms with E-state index in [1.54, 1.807) is 12.2 Å². The van der Waals surface area contributed by atoms with E-state index < -0.39 is 0 Å². The van der Waals surface area contributed by atoms with Crippen LogP contribution in [-0.4, -0.2) is 39.6 Å². The Balaban J connectivity index is 0.000000497. The van der Waals surface area contributed by atoms with Crippen LogP contribution in [0.15, 0.2) is 91.0 Å². The molecule has 0 amide bonds. The second-order valence-corrected chi connectivity index (χ2v) is 9.41. The van der Waals surface area contributed by atoms with Gasteiger partial charge in [0.25, 0.3) is 0 Å². The summed E-state index contributed by atoms with van der Waals surface area (Å²) in [6, 6.07) is 26.5. The fourth-order valence-electron chi connectivity index (χ4n) is 2.90. The van der Waals surface area contributed by atoms with Gasteiger partial charge < -0.3 is 20.6 Å². The minimum atomic E-state index is 0.318. The molecule has 0 aliphatic rings. The lowest BCUT2D eigenvalue weighted by atomic mass is 10.1. The molecular formula is C29H33IN4. The average Bonchev–Trinajstić information content (AvgIpc) is 2.83. The van der Waals surface area contributed by atoms with Gasteiger partial charge in [-0.1, -0.05) is 54.6 Å². The molecule has 0 unspecified atom stereocenters. The van der Waals surface area contributed by atoms with Gasteiger partial charge >= 0.3 is 0 Å². The van der Waals surface area contributed by atoms with Crippen molar-refractivity contribution in [2.45, 2.75) is 6.42 Å². The monoisotopic (exact) mass is 564 g/mol. The average molecular weight is 565 g/mol. The number of nitrogens with one attached hydrogen (secondary N) is 2. The topological polar surface area (TPSA) is 54.2 Å². The molecule has 0 radical (unpaired) electrons. The van der Waals surface area contributed by atoms with Crippen molar-refractivity contribution in [1.82, 2.24) is 0 Å². The van der Waals surface area contributed by atoms with Gasteiger partial charge in [0.15, 0.2) is 0 Å². The first-order valence-corrected chi connectivity index (χ1v) is 12.1. The fourth-order valence-corrected chi connectivity index (χ4v) is 3.31. The van der Waals surface area contributed by atoms with Crippen LogP contribution in [0.2, 0.25) is 0 Å². The highest BCUT2D eigenvalue weighted by molar-refractivity contribution is 14.1. The molecule has 34 heavy (non-hydrogen) atoms. The van der Waals surface area contributed by atoms with Crippen LogP contribution in [0.1, 0.15) is 17.5 Å². The molecule has 3 aromatic rings. The molecule has 0 aliphatic carbocycles. The second-order valence-electron chi connectivity index (χ2n) is 8.16. The molecule has 0 saturated heterocycles. The first-order valence-electron chi connectivity index (χ1n) is 11.0. The Kier molecular flexibility index (Phi) is 11.3. The van der Waals surface area contributed by atoms with Crippen molar-refractivity contribution in [2.24, 2.45) is 0 Å². The molecule has 0 saturated carbocycles. The van der Waals surface area contributed by atoms with Gasteiger partial charge in [-0.3, -0.25) is 0 Å². The Morgan fingerprint density at radius 1 is 0.647 bits per heavy atom. The minimum Gasteiger partial charge on any atom is -0.378 e. The molecule has 0 bridgehead atoms. The van der Waals surface area contributed by atoms with E-state index in [0.29, 0.717) is 17.8 Å². The number of hydrogen-bond donors (Lipinski definition) is 2. The molecule has 4 nitrogen and oxygen atoms in total. The minimum absolute atomic E-state index is 0.318. The predicted octanol–water partition coefficient (Wildman–Crippen LogP) is 7.27. The van der Waals surface area contributed by atoms with E-state index in [9.17, 15) is 0 Å². The Morgan fingerprint density at radius 2 is 1.03 bits per heavy atom. The summed E-state index contributed by atoms with van der Waals surface area (Å²) in [5.74, 6) is 0. The Morgan fingerprint density at radius 3 is 1.32 bits per heavy atom. The van der Waals surface area contributed by atoms with E-state index in [2.05, 4.69) is 68.8 Å². The van der Waals surface area contributed by atoms with Crippen LogP contribution in [0.4, 0.5) is 11.4 Å². The Labute approximate surface area is 217 Å². The lowest BCUT2D eigenvalue weighted by Crippen LogP contribution is -2.07. The normalized spacial score (nSPS) is 10.6. The second kappa shape index (κ2) is 14.2. The highest BCUT2D eigenvalue weighted by Crippen LogP contribution is 2.14. The van der Waals surface area contributed by atoms with Gasteiger partial charge in [-0.25, -0.2) is 0 Å². The number of nitrogens with zero attached hydrogens (tertiary/aromatic N) is 2. The van der Waals surface area contributed by atoms with Crippen LogP contribution in [0.25, 0.3) is 12.2 Å². The van der Waals surface area contributed by atoms with Crippen molar-refractivity contribution in [3.05, 3.63) is 106 Å². The molecule has 5 heteroatoms. The van der Waals surface area contributed by atoms with Crippen LogP contribution >= 0.6 is 22.6 Å². The summed E-state index contributed by atoms with van der Waals surface area (Å²) in [6.07, 6.45) is 7.67. The van der Waals surface area contributed by atoms with E-state index in [-0.39, 0.29) is 0 Å². The number of anilines is 2. The summed E-state index contributed by atoms with van der Waals surface area (Å²) in [5.41, 5.74) is 5.23. The highest BCUT2D eigenvalue weighted by atomic mass is 127. The van der Waals surface area contributed by atoms with Crippen LogP contribution in [0.5, 0.6) is 0 Å². The van der Waals surface area contributed by atoms with Gasteiger partial charge in [0.1, 0.15) is 0 Å². The van der Waals surface area contributed by atoms with Gasteiger partial charge in [-0.2, -0.15) is 0 Å². The highest BCUT2D eigenvalue weighted by Gasteiger charge is 1.99. The molecule has 0 aliphatic heterocycles. The smallest absolute Gasteiger partial charge is 0.0373 e. The molecule has 0 fully saturated rings. The van der Waals surface area contributed by atoms with E-state index in [0.717, 1.165) is 22.5 Å². The van der Waals surface area contributed by atoms with Crippen molar-refractivity contribution in [1.29, 1.82) is 10.8 Å². The zero-order valence-electron chi connectivity index (χ0n) is 20.3. The Bertz CT molecular complexity index is 1030. The number of halogens is 1. The summed E-state index contributed by atoms with van der Waals surface area (Å²) in [5, 5.41) is 16.1. The van der Waals surface area contributed by atoms with Crippen LogP contribution in [0.3, 0.4) is 0 Å². The first-order chi connectivity index (χ1) is 16.2. The maximum atomic E-state index is 8.06. The van der Waals surface area contributed by atoms with Gasteiger partial charge in [0.2, 0.25) is 0 Å². The van der Waals surface area contributed by atoms with Gasteiger partial charge in [-0.05, 0) is 82.3 Å². The predicted molar refractivity (Wildman–Crippen MR) is 159 cm³/mol. The maximum absolute atomic E-state index is 8.06. The third-order valence-electron chi connectivity index (χ3n) is 4.89.